The van der Waals surface area contributed by atoms with Crippen LogP contribution in [0.1, 0.15) is 12.0 Å². The van der Waals surface area contributed by atoms with Crippen LogP contribution in [0.2, 0.25) is 0 Å². The normalized spacial score (nSPS) is 10.6. The zero-order chi connectivity index (χ0) is 15.4. The lowest BCUT2D eigenvalue weighted by Gasteiger charge is -2.07. The van der Waals surface area contributed by atoms with E-state index < -0.39 is 0 Å². The number of H-pyrrole nitrogens is 1. The molecule has 7 nitrogen and oxygen atoms in total. The number of imidazole rings is 1. The Hall–Kier alpha value is -2.96. The van der Waals surface area contributed by atoms with E-state index in [2.05, 4.69) is 30.0 Å². The van der Waals surface area contributed by atoms with Gasteiger partial charge in [0.25, 0.3) is 0 Å². The molecule has 0 amide bonds. The lowest BCUT2D eigenvalue weighted by molar-refractivity contribution is -0.140. The van der Waals surface area contributed by atoms with Gasteiger partial charge in [-0.2, -0.15) is 0 Å². The summed E-state index contributed by atoms with van der Waals surface area (Å²) in [6.45, 7) is 0. The quantitative estimate of drug-likeness (QED) is 0.701. The molecule has 0 saturated heterocycles. The van der Waals surface area contributed by atoms with Crippen molar-refractivity contribution < 1.29 is 9.53 Å². The number of ether oxygens (including phenoxy) is 1. The highest BCUT2D eigenvalue weighted by molar-refractivity contribution is 5.84. The van der Waals surface area contributed by atoms with Gasteiger partial charge in [-0.15, -0.1) is 0 Å². The van der Waals surface area contributed by atoms with Crippen LogP contribution in [0.4, 0.5) is 11.5 Å². The lowest BCUT2D eigenvalue weighted by Crippen LogP contribution is -2.02. The van der Waals surface area contributed by atoms with E-state index in [4.69, 9.17) is 0 Å². The highest BCUT2D eigenvalue weighted by atomic mass is 16.5. The Morgan fingerprint density at radius 3 is 2.82 bits per heavy atom. The Labute approximate surface area is 126 Å². The Balaban J connectivity index is 1.71. The molecule has 0 spiro atoms. The molecular weight excluding hydrogens is 282 g/mol. The summed E-state index contributed by atoms with van der Waals surface area (Å²) in [6.07, 6.45) is 4.09. The number of anilines is 2. The van der Waals surface area contributed by atoms with E-state index in [0.717, 1.165) is 16.8 Å². The van der Waals surface area contributed by atoms with E-state index in [9.17, 15) is 4.79 Å². The van der Waals surface area contributed by atoms with Crippen LogP contribution in [-0.2, 0) is 16.0 Å². The van der Waals surface area contributed by atoms with Crippen LogP contribution < -0.4 is 5.32 Å². The zero-order valence-corrected chi connectivity index (χ0v) is 12.0. The van der Waals surface area contributed by atoms with E-state index in [1.165, 1.54) is 13.4 Å². The summed E-state index contributed by atoms with van der Waals surface area (Å²) in [5, 5.41) is 3.22. The standard InChI is InChI=1S/C15H15N5O2/c1-22-12(21)7-4-10-2-5-11(6-3-10)20-15-13-14(17-8-16-13)18-9-19-15/h2-3,5-6,8-9H,4,7H2,1H3,(H2,16,17,18,19,20). The number of fused-ring (bicyclic) bond motifs is 1. The van der Waals surface area contributed by atoms with Gasteiger partial charge in [-0.25, -0.2) is 15.0 Å². The van der Waals surface area contributed by atoms with Crippen LogP contribution in [0.5, 0.6) is 0 Å². The van der Waals surface area contributed by atoms with Gasteiger partial charge in [0.2, 0.25) is 0 Å². The number of carbonyl (C=O) groups excluding carboxylic acids is 1. The van der Waals surface area contributed by atoms with Gasteiger partial charge in [-0.1, -0.05) is 12.1 Å². The number of aryl methyl sites for hydroxylation is 1. The lowest BCUT2D eigenvalue weighted by atomic mass is 10.1. The van der Waals surface area contributed by atoms with Crippen LogP contribution in [0.25, 0.3) is 11.2 Å². The minimum absolute atomic E-state index is 0.204. The molecule has 112 valence electrons. The monoisotopic (exact) mass is 297 g/mol. The highest BCUT2D eigenvalue weighted by Gasteiger charge is 2.06. The first kappa shape index (κ1) is 14.0. The highest BCUT2D eigenvalue weighted by Crippen LogP contribution is 2.20. The Morgan fingerprint density at radius 1 is 1.23 bits per heavy atom. The van der Waals surface area contributed by atoms with E-state index in [1.54, 1.807) is 6.33 Å². The Bertz CT molecular complexity index is 782. The molecule has 0 aliphatic rings. The van der Waals surface area contributed by atoms with E-state index in [1.807, 2.05) is 24.3 Å². The van der Waals surface area contributed by atoms with Crippen molar-refractivity contribution in [2.45, 2.75) is 12.8 Å². The fourth-order valence-corrected chi connectivity index (χ4v) is 2.10. The fourth-order valence-electron chi connectivity index (χ4n) is 2.10. The van der Waals surface area contributed by atoms with Crippen molar-refractivity contribution in [3.8, 4) is 0 Å². The summed E-state index contributed by atoms with van der Waals surface area (Å²) < 4.78 is 4.63. The molecule has 0 aliphatic carbocycles. The topological polar surface area (TPSA) is 92.8 Å². The maximum absolute atomic E-state index is 11.1. The van der Waals surface area contributed by atoms with Gasteiger partial charge in [0.05, 0.1) is 13.4 Å². The van der Waals surface area contributed by atoms with Gasteiger partial charge in [-0.3, -0.25) is 4.79 Å². The van der Waals surface area contributed by atoms with Crippen molar-refractivity contribution >= 4 is 28.6 Å². The molecule has 7 heteroatoms. The molecule has 0 aliphatic heterocycles. The molecule has 0 radical (unpaired) electrons. The molecule has 3 rings (SSSR count). The van der Waals surface area contributed by atoms with Crippen LogP contribution in [-0.4, -0.2) is 33.0 Å². The second-order valence-electron chi connectivity index (χ2n) is 4.72. The van der Waals surface area contributed by atoms with Crippen molar-refractivity contribution in [1.82, 2.24) is 19.9 Å². The van der Waals surface area contributed by atoms with Gasteiger partial charge in [0, 0.05) is 12.1 Å². The van der Waals surface area contributed by atoms with Crippen LogP contribution >= 0.6 is 0 Å². The third kappa shape index (κ3) is 3.03. The first-order valence-electron chi connectivity index (χ1n) is 6.83. The van der Waals surface area contributed by atoms with E-state index in [-0.39, 0.29) is 5.97 Å². The molecule has 0 saturated carbocycles. The van der Waals surface area contributed by atoms with Crippen LogP contribution in [0.15, 0.2) is 36.9 Å². The Kier molecular flexibility index (Phi) is 3.95. The van der Waals surface area contributed by atoms with Crippen molar-refractivity contribution in [1.29, 1.82) is 0 Å². The van der Waals surface area contributed by atoms with Gasteiger partial charge in [0.15, 0.2) is 11.5 Å². The number of rotatable bonds is 5. The molecule has 0 atom stereocenters. The van der Waals surface area contributed by atoms with Crippen molar-refractivity contribution in [2.24, 2.45) is 0 Å². The summed E-state index contributed by atoms with van der Waals surface area (Å²) >= 11 is 0. The molecule has 0 bridgehead atoms. The van der Waals surface area contributed by atoms with Crippen molar-refractivity contribution in [3.05, 3.63) is 42.5 Å². The maximum atomic E-state index is 11.1. The minimum atomic E-state index is -0.204. The molecule has 1 aromatic carbocycles. The summed E-state index contributed by atoms with van der Waals surface area (Å²) in [5.74, 6) is 0.467. The predicted molar refractivity (Wildman–Crippen MR) is 81.7 cm³/mol. The van der Waals surface area contributed by atoms with Gasteiger partial charge < -0.3 is 15.0 Å². The summed E-state index contributed by atoms with van der Waals surface area (Å²) in [7, 11) is 1.40. The van der Waals surface area contributed by atoms with Crippen LogP contribution in [0, 0.1) is 0 Å². The van der Waals surface area contributed by atoms with Gasteiger partial charge in [0.1, 0.15) is 11.8 Å². The molecule has 2 N–H and O–H groups in total. The zero-order valence-electron chi connectivity index (χ0n) is 12.0. The summed E-state index contributed by atoms with van der Waals surface area (Å²) in [6, 6.07) is 7.82. The number of hydrogen-bond acceptors (Lipinski definition) is 6. The maximum Gasteiger partial charge on any atom is 0.305 e. The Morgan fingerprint density at radius 2 is 2.05 bits per heavy atom. The smallest absolute Gasteiger partial charge is 0.305 e. The number of esters is 1. The van der Waals surface area contributed by atoms with Crippen molar-refractivity contribution in [2.75, 3.05) is 12.4 Å². The number of aromatic nitrogens is 4. The first-order valence-corrected chi connectivity index (χ1v) is 6.83. The molecule has 2 aromatic heterocycles. The first-order chi connectivity index (χ1) is 10.8. The summed E-state index contributed by atoms with van der Waals surface area (Å²) in [4.78, 5) is 26.5. The number of carbonyl (C=O) groups is 1. The molecule has 3 aromatic rings. The molecule has 0 unspecified atom stereocenters. The molecule has 0 fully saturated rings. The van der Waals surface area contributed by atoms with Crippen molar-refractivity contribution in [3.63, 3.8) is 0 Å². The van der Waals surface area contributed by atoms with E-state index in [0.29, 0.717) is 24.3 Å². The fraction of sp³-hybridized carbons (Fsp3) is 0.200. The third-order valence-electron chi connectivity index (χ3n) is 3.29. The SMILES string of the molecule is COC(=O)CCc1ccc(Nc2ncnc3nc[nH]c23)cc1. The number of nitrogens with one attached hydrogen (secondary N) is 2. The second kappa shape index (κ2) is 6.21. The number of aromatic amines is 1. The average Bonchev–Trinajstić information content (AvgIpc) is 3.03. The average molecular weight is 297 g/mol. The predicted octanol–water partition coefficient (Wildman–Crippen LogP) is 2.20. The van der Waals surface area contributed by atoms with Gasteiger partial charge in [-0.05, 0) is 24.1 Å². The molecular formula is C15H15N5O2. The van der Waals surface area contributed by atoms with Gasteiger partial charge >= 0.3 is 5.97 Å². The third-order valence-corrected chi connectivity index (χ3v) is 3.29. The van der Waals surface area contributed by atoms with E-state index >= 15 is 0 Å². The number of benzene rings is 1. The second-order valence-corrected chi connectivity index (χ2v) is 4.72. The molecule has 22 heavy (non-hydrogen) atoms. The molecule has 2 heterocycles. The minimum Gasteiger partial charge on any atom is -0.469 e. The largest absolute Gasteiger partial charge is 0.469 e. The van der Waals surface area contributed by atoms with Crippen LogP contribution in [0.3, 0.4) is 0 Å². The summed E-state index contributed by atoms with van der Waals surface area (Å²) in [5.41, 5.74) is 3.35. The number of methoxy groups -OCH3 is 1. The number of hydrogen-bond donors (Lipinski definition) is 2. The number of nitrogens with zero attached hydrogens (tertiary/aromatic N) is 3.